The van der Waals surface area contributed by atoms with Crippen LogP contribution in [0.3, 0.4) is 0 Å². The molecule has 1 saturated heterocycles. The number of nitrogens with one attached hydrogen (secondary N) is 1. The lowest BCUT2D eigenvalue weighted by molar-refractivity contribution is -0.151. The van der Waals surface area contributed by atoms with Crippen LogP contribution in [0.1, 0.15) is 59.8 Å². The van der Waals surface area contributed by atoms with E-state index in [-0.39, 0.29) is 17.8 Å². The second-order valence-electron chi connectivity index (χ2n) is 8.00. The van der Waals surface area contributed by atoms with E-state index >= 15 is 0 Å². The number of nitrogens with zero attached hydrogens (tertiary/aromatic N) is 4. The van der Waals surface area contributed by atoms with Crippen LogP contribution >= 0.6 is 0 Å². The van der Waals surface area contributed by atoms with Crippen LogP contribution in [-0.2, 0) is 19.1 Å². The summed E-state index contributed by atoms with van der Waals surface area (Å²) in [4.78, 5) is 40.5. The average Bonchev–Trinajstić information content (AvgIpc) is 2.65. The van der Waals surface area contributed by atoms with Crippen LogP contribution in [0.15, 0.2) is 5.11 Å². The Balaban J connectivity index is 2.39. The third-order valence-electron chi connectivity index (χ3n) is 4.48. The van der Waals surface area contributed by atoms with Gasteiger partial charge >= 0.3 is 12.1 Å². The molecule has 0 spiro atoms. The molecule has 0 aliphatic carbocycles. The lowest BCUT2D eigenvalue weighted by Crippen LogP contribution is -2.44. The van der Waals surface area contributed by atoms with E-state index in [0.717, 1.165) is 0 Å². The van der Waals surface area contributed by atoms with Crippen molar-refractivity contribution in [3.05, 3.63) is 10.4 Å². The number of carbonyl (C=O) groups excluding carboxylic acids is 3. The highest BCUT2D eigenvalue weighted by Crippen LogP contribution is 2.21. The monoisotopic (exact) mass is 411 g/mol. The van der Waals surface area contributed by atoms with Gasteiger partial charge in [0, 0.05) is 24.5 Å². The summed E-state index contributed by atoms with van der Waals surface area (Å²) in [6.45, 7) is 8.79. The van der Waals surface area contributed by atoms with E-state index in [9.17, 15) is 14.4 Å². The Morgan fingerprint density at radius 2 is 1.90 bits per heavy atom. The lowest BCUT2D eigenvalue weighted by atomic mass is 9.96. The van der Waals surface area contributed by atoms with Gasteiger partial charge in [-0.15, -0.1) is 0 Å². The number of amides is 2. The van der Waals surface area contributed by atoms with E-state index in [0.29, 0.717) is 58.3 Å². The molecule has 0 bridgehead atoms. The summed E-state index contributed by atoms with van der Waals surface area (Å²) in [5.74, 6) is -0.621. The number of hydrogen-bond donors (Lipinski definition) is 1. The fraction of sp³-hybridized carbons (Fsp3) is 0.842. The van der Waals surface area contributed by atoms with Crippen molar-refractivity contribution < 1.29 is 23.9 Å². The molecule has 1 fully saturated rings. The molecule has 29 heavy (non-hydrogen) atoms. The minimum Gasteiger partial charge on any atom is -0.466 e. The third-order valence-corrected chi connectivity index (χ3v) is 4.48. The molecule has 0 aromatic carbocycles. The van der Waals surface area contributed by atoms with E-state index in [1.807, 2.05) is 0 Å². The van der Waals surface area contributed by atoms with E-state index in [1.54, 1.807) is 32.6 Å². The van der Waals surface area contributed by atoms with Crippen molar-refractivity contribution in [1.29, 1.82) is 0 Å². The largest absolute Gasteiger partial charge is 0.466 e. The van der Waals surface area contributed by atoms with Gasteiger partial charge < -0.3 is 19.7 Å². The van der Waals surface area contributed by atoms with Crippen molar-refractivity contribution in [1.82, 2.24) is 10.2 Å². The Morgan fingerprint density at radius 1 is 1.24 bits per heavy atom. The molecule has 1 atom stereocenters. The van der Waals surface area contributed by atoms with Crippen LogP contribution < -0.4 is 5.32 Å². The molecule has 0 radical (unpaired) electrons. The standard InChI is InChI=1S/C19H33N5O5/c1-5-28-17(26)14-9-12-24(13-10-14)16(25)15(22-23-20)8-6-7-11-21-18(27)29-19(2,3)4/h14-15H,5-13H2,1-4H3,(H,21,27)/t15-/m1/s1. The maximum atomic E-state index is 12.7. The number of likely N-dealkylation sites (tertiary alicyclic amines) is 1. The Labute approximate surface area is 171 Å². The number of rotatable bonds is 9. The highest BCUT2D eigenvalue weighted by atomic mass is 16.6. The van der Waals surface area contributed by atoms with Crippen molar-refractivity contribution in [2.75, 3.05) is 26.2 Å². The molecule has 10 heteroatoms. The van der Waals surface area contributed by atoms with Gasteiger partial charge in [0.2, 0.25) is 5.91 Å². The Hall–Kier alpha value is -2.48. The van der Waals surface area contributed by atoms with Crippen LogP contribution in [0.25, 0.3) is 10.4 Å². The summed E-state index contributed by atoms with van der Waals surface area (Å²) < 4.78 is 10.2. The summed E-state index contributed by atoms with van der Waals surface area (Å²) in [7, 11) is 0. The number of hydrogen-bond acceptors (Lipinski definition) is 6. The Morgan fingerprint density at radius 3 is 2.45 bits per heavy atom. The molecule has 0 aromatic heterocycles. The molecule has 1 rings (SSSR count). The van der Waals surface area contributed by atoms with Crippen molar-refractivity contribution in [3.8, 4) is 0 Å². The molecule has 164 valence electrons. The molecule has 0 aromatic rings. The quantitative estimate of drug-likeness (QED) is 0.204. The van der Waals surface area contributed by atoms with Crippen molar-refractivity contribution in [2.45, 2.75) is 71.4 Å². The van der Waals surface area contributed by atoms with Crippen molar-refractivity contribution >= 4 is 18.0 Å². The Bertz CT molecular complexity index is 605. The maximum Gasteiger partial charge on any atom is 0.407 e. The van der Waals surface area contributed by atoms with Crippen LogP contribution in [0.2, 0.25) is 0 Å². The van der Waals surface area contributed by atoms with Gasteiger partial charge in [-0.05, 0) is 58.9 Å². The van der Waals surface area contributed by atoms with Crippen molar-refractivity contribution in [3.63, 3.8) is 0 Å². The second-order valence-corrected chi connectivity index (χ2v) is 8.00. The molecule has 1 aliphatic rings. The molecule has 10 nitrogen and oxygen atoms in total. The van der Waals surface area contributed by atoms with Gasteiger partial charge in [0.05, 0.1) is 12.5 Å². The fourth-order valence-corrected chi connectivity index (χ4v) is 3.07. The number of esters is 1. The molecule has 0 unspecified atom stereocenters. The van der Waals surface area contributed by atoms with Gasteiger partial charge in [0.25, 0.3) is 0 Å². The second kappa shape index (κ2) is 12.2. The third kappa shape index (κ3) is 9.51. The fourth-order valence-electron chi connectivity index (χ4n) is 3.07. The zero-order valence-electron chi connectivity index (χ0n) is 17.8. The van der Waals surface area contributed by atoms with Gasteiger partial charge in [-0.3, -0.25) is 9.59 Å². The summed E-state index contributed by atoms with van der Waals surface area (Å²) in [5.41, 5.74) is 8.24. The highest BCUT2D eigenvalue weighted by Gasteiger charge is 2.30. The van der Waals surface area contributed by atoms with E-state index in [1.165, 1.54) is 0 Å². The number of carbonyl (C=O) groups is 3. The van der Waals surface area contributed by atoms with Crippen molar-refractivity contribution in [2.24, 2.45) is 11.0 Å². The maximum absolute atomic E-state index is 12.7. The number of unbranched alkanes of at least 4 members (excludes halogenated alkanes) is 1. The summed E-state index contributed by atoms with van der Waals surface area (Å²) in [6.07, 6.45) is 2.27. The topological polar surface area (TPSA) is 134 Å². The van der Waals surface area contributed by atoms with Gasteiger partial charge in [0.1, 0.15) is 11.6 Å². The van der Waals surface area contributed by atoms with Gasteiger partial charge in [0.15, 0.2) is 0 Å². The first-order valence-electron chi connectivity index (χ1n) is 10.1. The van der Waals surface area contributed by atoms with Crippen LogP contribution in [0.5, 0.6) is 0 Å². The smallest absolute Gasteiger partial charge is 0.407 e. The minimum absolute atomic E-state index is 0.184. The SMILES string of the molecule is CCOC(=O)C1CCN(C(=O)[C@@H](CCCCNC(=O)OC(C)(C)C)N=[N+]=[N-])CC1. The lowest BCUT2D eigenvalue weighted by Gasteiger charge is -2.32. The van der Waals surface area contributed by atoms with Gasteiger partial charge in [-0.2, -0.15) is 0 Å². The molecule has 1 heterocycles. The predicted molar refractivity (Wildman–Crippen MR) is 107 cm³/mol. The van der Waals surface area contributed by atoms with E-state index in [2.05, 4.69) is 15.3 Å². The number of piperidine rings is 1. The normalized spacial score (nSPS) is 15.8. The van der Waals surface area contributed by atoms with Crippen LogP contribution in [-0.4, -0.2) is 60.8 Å². The zero-order valence-corrected chi connectivity index (χ0v) is 17.8. The summed E-state index contributed by atoms with van der Waals surface area (Å²) in [6, 6.07) is -0.777. The molecule has 1 aliphatic heterocycles. The average molecular weight is 412 g/mol. The molecular formula is C19H33N5O5. The first kappa shape index (κ1) is 24.6. The minimum atomic E-state index is -0.777. The summed E-state index contributed by atoms with van der Waals surface area (Å²) in [5, 5.41) is 6.31. The molecule has 2 amide bonds. The number of alkyl carbamates (subject to hydrolysis) is 1. The first-order chi connectivity index (χ1) is 13.7. The summed E-state index contributed by atoms with van der Waals surface area (Å²) >= 11 is 0. The predicted octanol–water partition coefficient (Wildman–Crippen LogP) is 3.16. The zero-order chi connectivity index (χ0) is 21.9. The highest BCUT2D eigenvalue weighted by molar-refractivity contribution is 5.82. The van der Waals surface area contributed by atoms with Crippen LogP contribution in [0, 0.1) is 5.92 Å². The molecule has 1 N–H and O–H groups in total. The number of ether oxygens (including phenoxy) is 2. The van der Waals surface area contributed by atoms with Crippen LogP contribution in [0.4, 0.5) is 4.79 Å². The number of azide groups is 1. The first-order valence-corrected chi connectivity index (χ1v) is 10.1. The molecular weight excluding hydrogens is 378 g/mol. The van der Waals surface area contributed by atoms with E-state index in [4.69, 9.17) is 15.0 Å². The van der Waals surface area contributed by atoms with Gasteiger partial charge in [-0.25, -0.2) is 4.79 Å². The van der Waals surface area contributed by atoms with Gasteiger partial charge in [-0.1, -0.05) is 11.5 Å². The van der Waals surface area contributed by atoms with E-state index < -0.39 is 17.7 Å². The Kier molecular flexibility index (Phi) is 10.3. The molecule has 0 saturated carbocycles.